The summed E-state index contributed by atoms with van der Waals surface area (Å²) in [5.41, 5.74) is 1.42. The highest BCUT2D eigenvalue weighted by atomic mass is 35.5. The fourth-order valence-corrected chi connectivity index (χ4v) is 4.59. The van der Waals surface area contributed by atoms with Crippen LogP contribution in [0.25, 0.3) is 10.6 Å². The zero-order chi connectivity index (χ0) is 18.2. The molecule has 0 atom stereocenters. The maximum Gasteiger partial charge on any atom is 0.273 e. The average molecular weight is 457 g/mol. The fraction of sp³-hybridized carbons (Fsp3) is 0.444. The number of hydrogen-bond donors (Lipinski definition) is 1. The minimum Gasteiger partial charge on any atom is -0.472 e. The highest BCUT2D eigenvalue weighted by Gasteiger charge is 2.30. The van der Waals surface area contributed by atoms with E-state index in [4.69, 9.17) is 4.42 Å². The van der Waals surface area contributed by atoms with Gasteiger partial charge >= 0.3 is 0 Å². The summed E-state index contributed by atoms with van der Waals surface area (Å²) in [7, 11) is 0. The Labute approximate surface area is 184 Å². The van der Waals surface area contributed by atoms with Crippen molar-refractivity contribution in [2.24, 2.45) is 0 Å². The molecule has 5 heterocycles. The number of carbonyl (C=O) groups is 1. The molecule has 8 nitrogen and oxygen atoms in total. The average Bonchev–Trinajstić information content (AvgIpc) is 3.47. The maximum atomic E-state index is 12.8. The Morgan fingerprint density at radius 1 is 1.21 bits per heavy atom. The number of nitrogens with zero attached hydrogens (tertiary/aromatic N) is 5. The molecule has 5 rings (SSSR count). The van der Waals surface area contributed by atoms with E-state index >= 15 is 0 Å². The molecule has 11 heteroatoms. The summed E-state index contributed by atoms with van der Waals surface area (Å²) < 4.78 is 7.34. The summed E-state index contributed by atoms with van der Waals surface area (Å²) in [5.74, 6) is 2.47. The molecule has 156 valence electrons. The van der Waals surface area contributed by atoms with Gasteiger partial charge in [-0.1, -0.05) is 0 Å². The number of furan rings is 1. The van der Waals surface area contributed by atoms with Crippen LogP contribution < -0.4 is 5.32 Å². The number of amides is 1. The second kappa shape index (κ2) is 9.25. The van der Waals surface area contributed by atoms with Crippen LogP contribution in [0.15, 0.2) is 28.4 Å². The lowest BCUT2D eigenvalue weighted by atomic mass is 9.95. The lowest BCUT2D eigenvalue weighted by Gasteiger charge is -2.31. The van der Waals surface area contributed by atoms with E-state index in [-0.39, 0.29) is 30.7 Å². The van der Waals surface area contributed by atoms with E-state index in [0.717, 1.165) is 67.8 Å². The minimum absolute atomic E-state index is 0. The Morgan fingerprint density at radius 2 is 2.03 bits per heavy atom. The predicted octanol–water partition coefficient (Wildman–Crippen LogP) is 2.96. The van der Waals surface area contributed by atoms with Gasteiger partial charge in [-0.2, -0.15) is 0 Å². The molecule has 1 amide bonds. The van der Waals surface area contributed by atoms with Gasteiger partial charge in [-0.05, 0) is 18.9 Å². The first-order valence-electron chi connectivity index (χ1n) is 9.19. The van der Waals surface area contributed by atoms with Crippen LogP contribution >= 0.6 is 36.2 Å². The van der Waals surface area contributed by atoms with Crippen molar-refractivity contribution < 1.29 is 9.21 Å². The number of rotatable bonds is 3. The first-order chi connectivity index (χ1) is 13.3. The molecule has 0 saturated carbocycles. The molecular formula is C18H22Cl2N6O2S. The van der Waals surface area contributed by atoms with Crippen molar-refractivity contribution in [3.8, 4) is 10.6 Å². The molecule has 1 N–H and O–H groups in total. The van der Waals surface area contributed by atoms with Crippen molar-refractivity contribution in [3.63, 3.8) is 0 Å². The number of carbonyl (C=O) groups excluding carboxylic acids is 1. The molecule has 0 spiro atoms. The van der Waals surface area contributed by atoms with E-state index in [9.17, 15) is 4.79 Å². The van der Waals surface area contributed by atoms with Gasteiger partial charge in [0.05, 0.1) is 12.8 Å². The number of aromatic nitrogens is 4. The van der Waals surface area contributed by atoms with Gasteiger partial charge in [0, 0.05) is 43.0 Å². The van der Waals surface area contributed by atoms with Gasteiger partial charge in [-0.15, -0.1) is 46.3 Å². The zero-order valence-corrected chi connectivity index (χ0v) is 18.1. The minimum atomic E-state index is 0. The van der Waals surface area contributed by atoms with Gasteiger partial charge in [0.2, 0.25) is 0 Å². The highest BCUT2D eigenvalue weighted by Crippen LogP contribution is 2.29. The Morgan fingerprint density at radius 3 is 2.79 bits per heavy atom. The van der Waals surface area contributed by atoms with Gasteiger partial charge in [0.25, 0.3) is 5.91 Å². The Hall–Kier alpha value is -1.94. The summed E-state index contributed by atoms with van der Waals surface area (Å²) in [4.78, 5) is 19.2. The second-order valence-electron chi connectivity index (χ2n) is 6.92. The van der Waals surface area contributed by atoms with Crippen LogP contribution in [0.2, 0.25) is 0 Å². The SMILES string of the molecule is Cl.Cl.O=C(c1csc(-c2ccoc2)n1)N1CCC(c2nnc3n2CCNC3)CC1. The van der Waals surface area contributed by atoms with Crippen LogP contribution in [0.1, 0.15) is 40.9 Å². The molecule has 29 heavy (non-hydrogen) atoms. The standard InChI is InChI=1S/C18H20N6O2S.2ClH/c25-18(14-11-27-17(20-14)13-3-8-26-10-13)23-5-1-12(2-6-23)16-22-21-15-9-19-4-7-24(15)16;;/h3,8,10-12,19H,1-2,4-7,9H2;2*1H. The van der Waals surface area contributed by atoms with E-state index in [2.05, 4.69) is 25.1 Å². The van der Waals surface area contributed by atoms with Crippen molar-refractivity contribution in [1.82, 2.24) is 30.0 Å². The number of likely N-dealkylation sites (tertiary alicyclic amines) is 1. The summed E-state index contributed by atoms with van der Waals surface area (Å²) in [6.07, 6.45) is 5.08. The van der Waals surface area contributed by atoms with Crippen molar-refractivity contribution in [3.05, 3.63) is 41.3 Å². The summed E-state index contributed by atoms with van der Waals surface area (Å²) in [5, 5.41) is 14.7. The number of thiazole rings is 1. The molecule has 3 aromatic heterocycles. The van der Waals surface area contributed by atoms with Crippen LogP contribution in [0.4, 0.5) is 0 Å². The molecule has 1 saturated heterocycles. The first-order valence-corrected chi connectivity index (χ1v) is 10.1. The third-order valence-electron chi connectivity index (χ3n) is 5.29. The smallest absolute Gasteiger partial charge is 0.273 e. The Kier molecular flexibility index (Phi) is 6.94. The van der Waals surface area contributed by atoms with Crippen molar-refractivity contribution in [2.75, 3.05) is 19.6 Å². The summed E-state index contributed by atoms with van der Waals surface area (Å²) >= 11 is 1.47. The van der Waals surface area contributed by atoms with Crippen LogP contribution in [0.3, 0.4) is 0 Å². The lowest BCUT2D eigenvalue weighted by molar-refractivity contribution is 0.0705. The predicted molar refractivity (Wildman–Crippen MR) is 114 cm³/mol. The quantitative estimate of drug-likeness (QED) is 0.651. The first kappa shape index (κ1) is 21.8. The topological polar surface area (TPSA) is 89.1 Å². The van der Waals surface area contributed by atoms with Crippen LogP contribution in [0.5, 0.6) is 0 Å². The molecular weight excluding hydrogens is 435 g/mol. The van der Waals surface area contributed by atoms with E-state index in [0.29, 0.717) is 11.6 Å². The third kappa shape index (κ3) is 4.18. The molecule has 0 unspecified atom stereocenters. The number of nitrogens with one attached hydrogen (secondary N) is 1. The zero-order valence-electron chi connectivity index (χ0n) is 15.6. The lowest BCUT2D eigenvalue weighted by Crippen LogP contribution is -2.39. The Balaban J connectivity index is 0.00000120. The fourth-order valence-electron chi connectivity index (χ4n) is 3.81. The summed E-state index contributed by atoms with van der Waals surface area (Å²) in [6, 6.07) is 1.85. The molecule has 3 aromatic rings. The van der Waals surface area contributed by atoms with Gasteiger partial charge in [0.15, 0.2) is 0 Å². The Bertz CT molecular complexity index is 950. The molecule has 2 aliphatic rings. The van der Waals surface area contributed by atoms with Crippen molar-refractivity contribution in [2.45, 2.75) is 31.8 Å². The third-order valence-corrected chi connectivity index (χ3v) is 6.18. The molecule has 0 aliphatic carbocycles. The molecule has 0 bridgehead atoms. The monoisotopic (exact) mass is 456 g/mol. The van der Waals surface area contributed by atoms with Crippen LogP contribution in [-0.2, 0) is 13.1 Å². The molecule has 0 aromatic carbocycles. The van der Waals surface area contributed by atoms with E-state index < -0.39 is 0 Å². The number of fused-ring (bicyclic) bond motifs is 1. The van der Waals surface area contributed by atoms with E-state index in [1.807, 2.05) is 16.3 Å². The normalized spacial score (nSPS) is 16.6. The van der Waals surface area contributed by atoms with Gasteiger partial charge in [0.1, 0.15) is 28.6 Å². The van der Waals surface area contributed by atoms with Crippen LogP contribution in [0, 0.1) is 0 Å². The molecule has 0 radical (unpaired) electrons. The van der Waals surface area contributed by atoms with Gasteiger partial charge in [-0.3, -0.25) is 4.79 Å². The highest BCUT2D eigenvalue weighted by molar-refractivity contribution is 7.13. The number of halogens is 2. The van der Waals surface area contributed by atoms with Crippen LogP contribution in [-0.4, -0.2) is 50.2 Å². The van der Waals surface area contributed by atoms with Crippen molar-refractivity contribution >= 4 is 42.1 Å². The van der Waals surface area contributed by atoms with Crippen molar-refractivity contribution in [1.29, 1.82) is 0 Å². The number of hydrogen-bond acceptors (Lipinski definition) is 7. The van der Waals surface area contributed by atoms with E-state index in [1.54, 1.807) is 12.5 Å². The second-order valence-corrected chi connectivity index (χ2v) is 7.78. The molecule has 2 aliphatic heterocycles. The number of piperidine rings is 1. The maximum absolute atomic E-state index is 12.8. The van der Waals surface area contributed by atoms with Gasteiger partial charge in [-0.25, -0.2) is 4.98 Å². The molecule has 1 fully saturated rings. The largest absolute Gasteiger partial charge is 0.472 e. The van der Waals surface area contributed by atoms with Gasteiger partial charge < -0.3 is 19.2 Å². The summed E-state index contributed by atoms with van der Waals surface area (Å²) in [6.45, 7) is 4.11. The van der Waals surface area contributed by atoms with E-state index in [1.165, 1.54) is 11.3 Å².